The molecule has 0 saturated carbocycles. The van der Waals surface area contributed by atoms with Crippen LogP contribution in [0.25, 0.3) is 16.9 Å². The van der Waals surface area contributed by atoms with Crippen LogP contribution in [0.1, 0.15) is 0 Å². The zero-order chi connectivity index (χ0) is 21.4. The fraction of sp³-hybridized carbons (Fsp3) is 0.0625. The molecule has 3 aromatic rings. The molecule has 0 saturated heterocycles. The third-order valence-corrected chi connectivity index (χ3v) is 6.86. The topological polar surface area (TPSA) is 134 Å². The zero-order valence-electron chi connectivity index (χ0n) is 15.6. The van der Waals surface area contributed by atoms with Crippen molar-refractivity contribution >= 4 is 29.4 Å². The van der Waals surface area contributed by atoms with E-state index < -0.39 is 28.5 Å². The molecule has 3 rings (SSSR count). The minimum absolute atomic E-state index is 0. The average Bonchev–Trinajstić information content (AvgIpc) is 3.01. The van der Waals surface area contributed by atoms with Gasteiger partial charge in [0.15, 0.2) is 16.7 Å². The summed E-state index contributed by atoms with van der Waals surface area (Å²) in [4.78, 5) is 23.1. The number of nitrogens with zero attached hydrogens (tertiary/aromatic N) is 2. The average molecular weight is 484 g/mol. The SMILES string of the molecule is COc1ccc(-c2c(Cl)ncn2-c2ccc(S(=O)(=O)NP(=O)([O-])O)cc2)cc1F.[Na+]. The van der Waals surface area contributed by atoms with Crippen LogP contribution in [0, 0.1) is 5.82 Å². The van der Waals surface area contributed by atoms with Gasteiger partial charge in [0.1, 0.15) is 6.33 Å². The first-order chi connectivity index (χ1) is 13.5. The zero-order valence-corrected chi connectivity index (χ0v) is 20.1. The molecule has 1 atom stereocenters. The van der Waals surface area contributed by atoms with Crippen LogP contribution in [-0.2, 0) is 14.6 Å². The van der Waals surface area contributed by atoms with Crippen molar-refractivity contribution < 1.29 is 61.5 Å². The molecule has 0 radical (unpaired) electrons. The van der Waals surface area contributed by atoms with E-state index in [1.165, 1.54) is 42.3 Å². The maximum atomic E-state index is 14.1. The van der Waals surface area contributed by atoms with Gasteiger partial charge < -0.3 is 14.5 Å². The molecule has 9 nitrogen and oxygen atoms in total. The monoisotopic (exact) mass is 483 g/mol. The van der Waals surface area contributed by atoms with E-state index in [-0.39, 0.29) is 40.5 Å². The van der Waals surface area contributed by atoms with Gasteiger partial charge >= 0.3 is 29.6 Å². The van der Waals surface area contributed by atoms with Crippen LogP contribution in [0.2, 0.25) is 5.15 Å². The third kappa shape index (κ3) is 5.50. The second-order valence-electron chi connectivity index (χ2n) is 5.71. The molecule has 1 heterocycles. The van der Waals surface area contributed by atoms with E-state index in [1.807, 2.05) is 0 Å². The molecule has 30 heavy (non-hydrogen) atoms. The van der Waals surface area contributed by atoms with Crippen molar-refractivity contribution in [3.8, 4) is 22.7 Å². The van der Waals surface area contributed by atoms with E-state index in [4.69, 9.17) is 21.2 Å². The van der Waals surface area contributed by atoms with Crippen molar-refractivity contribution in [3.63, 3.8) is 0 Å². The largest absolute Gasteiger partial charge is 1.00 e. The molecule has 14 heteroatoms. The number of nitrogens with one attached hydrogen (secondary N) is 1. The van der Waals surface area contributed by atoms with Gasteiger partial charge in [-0.2, -0.15) is 0 Å². The van der Waals surface area contributed by atoms with Gasteiger partial charge in [0, 0.05) is 11.3 Å². The molecule has 0 fully saturated rings. The van der Waals surface area contributed by atoms with Crippen LogP contribution >= 0.6 is 19.3 Å². The molecule has 0 aliphatic rings. The minimum Gasteiger partial charge on any atom is -0.766 e. The fourth-order valence-electron chi connectivity index (χ4n) is 2.58. The summed E-state index contributed by atoms with van der Waals surface area (Å²) in [5.41, 5.74) is 1.17. The number of hydrogen-bond donors (Lipinski definition) is 2. The summed E-state index contributed by atoms with van der Waals surface area (Å²) in [6.07, 6.45) is 1.36. The summed E-state index contributed by atoms with van der Waals surface area (Å²) in [5.74, 6) is -0.551. The van der Waals surface area contributed by atoms with Gasteiger partial charge in [0.05, 0.1) is 17.7 Å². The summed E-state index contributed by atoms with van der Waals surface area (Å²) < 4.78 is 56.3. The van der Waals surface area contributed by atoms with Crippen LogP contribution in [0.4, 0.5) is 4.39 Å². The van der Waals surface area contributed by atoms with Gasteiger partial charge in [-0.15, -0.1) is 4.49 Å². The molecule has 2 N–H and O–H groups in total. The number of hydrogen-bond acceptors (Lipinski definition) is 6. The van der Waals surface area contributed by atoms with E-state index in [9.17, 15) is 22.3 Å². The number of aromatic nitrogens is 2. The van der Waals surface area contributed by atoms with Crippen molar-refractivity contribution in [2.75, 3.05) is 7.11 Å². The summed E-state index contributed by atoms with van der Waals surface area (Å²) in [7, 11) is -8.39. The van der Waals surface area contributed by atoms with Crippen LogP contribution in [0.15, 0.2) is 53.7 Å². The molecule has 0 aliphatic heterocycles. The van der Waals surface area contributed by atoms with Crippen LogP contribution < -0.4 is 43.7 Å². The van der Waals surface area contributed by atoms with Crippen LogP contribution in [-0.4, -0.2) is 30.0 Å². The first kappa shape index (κ1) is 25.0. The van der Waals surface area contributed by atoms with E-state index in [0.717, 1.165) is 16.6 Å². The van der Waals surface area contributed by atoms with E-state index >= 15 is 0 Å². The van der Waals surface area contributed by atoms with Gasteiger partial charge in [-0.25, -0.2) is 17.8 Å². The molecule has 0 aliphatic carbocycles. The second-order valence-corrected chi connectivity index (χ2v) is 9.32. The predicted molar refractivity (Wildman–Crippen MR) is 101 cm³/mol. The number of imidazole rings is 1. The molecule has 154 valence electrons. The van der Waals surface area contributed by atoms with Crippen LogP contribution in [0.3, 0.4) is 0 Å². The third-order valence-electron chi connectivity index (χ3n) is 3.81. The molecular weight excluding hydrogens is 471 g/mol. The van der Waals surface area contributed by atoms with Gasteiger partial charge in [-0.1, -0.05) is 11.6 Å². The Labute approximate surface area is 198 Å². The van der Waals surface area contributed by atoms with Crippen LogP contribution in [0.5, 0.6) is 5.75 Å². The molecule has 0 bridgehead atoms. The Morgan fingerprint density at radius 1 is 1.27 bits per heavy atom. The molecule has 1 aromatic heterocycles. The number of ether oxygens (including phenoxy) is 1. The summed E-state index contributed by atoms with van der Waals surface area (Å²) in [6.45, 7) is 0. The van der Waals surface area contributed by atoms with Crippen molar-refractivity contribution in [2.45, 2.75) is 4.90 Å². The van der Waals surface area contributed by atoms with Crippen molar-refractivity contribution in [1.82, 2.24) is 14.0 Å². The Morgan fingerprint density at radius 3 is 2.43 bits per heavy atom. The standard InChI is InChI=1S/C16H14ClFN3O6PS.Na/c1-27-14-7-2-10(8-13(14)18)15-16(17)19-9-21(15)11-3-5-12(6-4-11)29(25,26)20-28(22,23)24;/h2-9H,1H3,(H3,20,22,23,24);/q;+1/p-1. The summed E-state index contributed by atoms with van der Waals surface area (Å²) >= 11 is 6.15. The predicted octanol–water partition coefficient (Wildman–Crippen LogP) is -0.917. The Hall–Kier alpha value is -1.27. The van der Waals surface area contributed by atoms with Crippen molar-refractivity contribution in [2.24, 2.45) is 0 Å². The Morgan fingerprint density at radius 2 is 1.90 bits per heavy atom. The van der Waals surface area contributed by atoms with Crippen molar-refractivity contribution in [3.05, 3.63) is 59.8 Å². The van der Waals surface area contributed by atoms with E-state index in [1.54, 1.807) is 6.07 Å². The number of methoxy groups -OCH3 is 1. The Balaban J connectivity index is 0.00000320. The smallest absolute Gasteiger partial charge is 0.766 e. The van der Waals surface area contributed by atoms with Gasteiger partial charge in [0.25, 0.3) is 0 Å². The van der Waals surface area contributed by atoms with Gasteiger partial charge in [-0.05, 0) is 42.5 Å². The summed E-state index contributed by atoms with van der Waals surface area (Å²) in [5, 5.41) is 0.0838. The fourth-order valence-corrected chi connectivity index (χ4v) is 4.96. The van der Waals surface area contributed by atoms with Crippen molar-refractivity contribution in [1.29, 1.82) is 0 Å². The Kier molecular flexibility index (Phi) is 7.89. The molecule has 2 aromatic carbocycles. The normalized spacial score (nSPS) is 13.4. The first-order valence-corrected chi connectivity index (χ1v) is 11.2. The number of sulfonamides is 1. The summed E-state index contributed by atoms with van der Waals surface area (Å²) in [6, 6.07) is 9.20. The Bertz CT molecular complexity index is 1220. The first-order valence-electron chi connectivity index (χ1n) is 7.77. The quantitative estimate of drug-likeness (QED) is 0.342. The molecule has 0 amide bonds. The van der Waals surface area contributed by atoms with E-state index in [2.05, 4.69) is 4.98 Å². The van der Waals surface area contributed by atoms with Gasteiger partial charge in [-0.3, -0.25) is 9.13 Å². The maximum absolute atomic E-state index is 14.1. The number of halogens is 2. The number of rotatable bonds is 6. The number of benzene rings is 2. The molecule has 1 unspecified atom stereocenters. The minimum atomic E-state index is -5.25. The second kappa shape index (κ2) is 9.47. The maximum Gasteiger partial charge on any atom is 1.00 e. The molecule has 0 spiro atoms. The van der Waals surface area contributed by atoms with E-state index in [0.29, 0.717) is 16.9 Å². The molecular formula is C16H13ClFN3NaO6PS. The van der Waals surface area contributed by atoms with Gasteiger partial charge in [0.2, 0.25) is 17.8 Å².